The zero-order valence-electron chi connectivity index (χ0n) is 6.14. The van der Waals surface area contributed by atoms with Gasteiger partial charge in [-0.15, -0.1) is 0 Å². The molecular weight excluding hydrogens is 140 g/mol. The molecule has 0 bridgehead atoms. The Bertz CT molecular complexity index is 242. The van der Waals surface area contributed by atoms with Crippen LogP contribution in [0.3, 0.4) is 0 Å². The van der Waals surface area contributed by atoms with Gasteiger partial charge in [-0.05, 0) is 12.2 Å². The lowest BCUT2D eigenvalue weighted by molar-refractivity contribution is 0.154. The summed E-state index contributed by atoms with van der Waals surface area (Å²) in [6.45, 7) is 1.20. The van der Waals surface area contributed by atoms with Gasteiger partial charge in [-0.25, -0.2) is 0 Å². The number of hydrogen-bond acceptors (Lipinski definition) is 3. The van der Waals surface area contributed by atoms with Crippen LogP contribution in [0.4, 0.5) is 0 Å². The lowest BCUT2D eigenvalue weighted by Gasteiger charge is -2.28. The van der Waals surface area contributed by atoms with Crippen LogP contribution < -0.4 is 0 Å². The Labute approximate surface area is 65.4 Å². The summed E-state index contributed by atoms with van der Waals surface area (Å²) in [4.78, 5) is 6.14. The number of fused-ring (bicyclic) bond motifs is 1. The van der Waals surface area contributed by atoms with E-state index in [-0.39, 0.29) is 6.10 Å². The number of aliphatic imine (C=N–C) groups is 1. The fraction of sp³-hybridized carbons (Fsp3) is 0.375. The van der Waals surface area contributed by atoms with Crippen molar-refractivity contribution in [2.75, 3.05) is 13.1 Å². The molecule has 0 spiro atoms. The second-order valence-electron chi connectivity index (χ2n) is 2.71. The van der Waals surface area contributed by atoms with Crippen molar-refractivity contribution in [1.29, 1.82) is 0 Å². The Morgan fingerprint density at radius 2 is 2.45 bits per heavy atom. The maximum absolute atomic E-state index is 9.24. The first-order valence-electron chi connectivity index (χ1n) is 3.70. The zero-order valence-corrected chi connectivity index (χ0v) is 6.14. The Balaban J connectivity index is 2.23. The quantitative estimate of drug-likeness (QED) is 0.533. The average molecular weight is 150 g/mol. The summed E-state index contributed by atoms with van der Waals surface area (Å²) in [6, 6.07) is 0. The molecule has 0 saturated heterocycles. The van der Waals surface area contributed by atoms with E-state index >= 15 is 0 Å². The topological polar surface area (TPSA) is 35.8 Å². The molecule has 1 N–H and O–H groups in total. The molecule has 0 unspecified atom stereocenters. The second-order valence-corrected chi connectivity index (χ2v) is 2.71. The highest BCUT2D eigenvalue weighted by atomic mass is 16.3. The third-order valence-corrected chi connectivity index (χ3v) is 1.79. The molecule has 0 amide bonds. The van der Waals surface area contributed by atoms with E-state index in [1.165, 1.54) is 0 Å². The Hall–Kier alpha value is -1.09. The molecular formula is C8H10N2O. The first-order chi connectivity index (χ1) is 5.36. The van der Waals surface area contributed by atoms with Gasteiger partial charge in [-0.3, -0.25) is 4.99 Å². The van der Waals surface area contributed by atoms with Crippen molar-refractivity contribution in [3.8, 4) is 0 Å². The van der Waals surface area contributed by atoms with Gasteiger partial charge in [0.1, 0.15) is 5.84 Å². The van der Waals surface area contributed by atoms with Crippen LogP contribution in [0.2, 0.25) is 0 Å². The monoisotopic (exact) mass is 150 g/mol. The van der Waals surface area contributed by atoms with Crippen molar-refractivity contribution in [2.45, 2.75) is 6.10 Å². The molecule has 0 aromatic heterocycles. The van der Waals surface area contributed by atoms with Gasteiger partial charge >= 0.3 is 0 Å². The van der Waals surface area contributed by atoms with E-state index in [1.54, 1.807) is 0 Å². The molecule has 2 aliphatic rings. The van der Waals surface area contributed by atoms with E-state index < -0.39 is 0 Å². The third-order valence-electron chi connectivity index (χ3n) is 1.79. The van der Waals surface area contributed by atoms with Crippen molar-refractivity contribution >= 4 is 5.84 Å². The smallest absolute Gasteiger partial charge is 0.127 e. The Morgan fingerprint density at radius 3 is 3.36 bits per heavy atom. The standard InChI is InChI=1S/C8H10N2O/c11-7-5-9-8-3-1-2-4-10(8)6-7/h1-4,7,11H,5-6H2/t7-/m0/s1. The molecule has 3 nitrogen and oxygen atoms in total. The molecule has 11 heavy (non-hydrogen) atoms. The van der Waals surface area contributed by atoms with Crippen molar-refractivity contribution < 1.29 is 5.11 Å². The molecule has 58 valence electrons. The van der Waals surface area contributed by atoms with Crippen LogP contribution >= 0.6 is 0 Å². The van der Waals surface area contributed by atoms with Gasteiger partial charge in [-0.1, -0.05) is 6.08 Å². The summed E-state index contributed by atoms with van der Waals surface area (Å²) in [5, 5.41) is 9.24. The fourth-order valence-corrected chi connectivity index (χ4v) is 1.25. The lowest BCUT2D eigenvalue weighted by Crippen LogP contribution is -2.39. The van der Waals surface area contributed by atoms with Gasteiger partial charge in [0.2, 0.25) is 0 Å². The van der Waals surface area contributed by atoms with Gasteiger partial charge in [0, 0.05) is 6.20 Å². The number of nitrogens with zero attached hydrogens (tertiary/aromatic N) is 2. The van der Waals surface area contributed by atoms with Gasteiger partial charge in [-0.2, -0.15) is 0 Å². The van der Waals surface area contributed by atoms with Crippen LogP contribution in [-0.4, -0.2) is 35.0 Å². The number of hydrogen-bond donors (Lipinski definition) is 1. The maximum Gasteiger partial charge on any atom is 0.127 e. The molecule has 0 fully saturated rings. The highest BCUT2D eigenvalue weighted by Crippen LogP contribution is 2.08. The maximum atomic E-state index is 9.24. The summed E-state index contributed by atoms with van der Waals surface area (Å²) in [7, 11) is 0. The predicted molar refractivity (Wildman–Crippen MR) is 43.3 cm³/mol. The minimum atomic E-state index is -0.310. The number of allylic oxidation sites excluding steroid dienone is 2. The van der Waals surface area contributed by atoms with Crippen LogP contribution in [-0.2, 0) is 0 Å². The predicted octanol–water partition coefficient (Wildman–Crippen LogP) is 0.145. The molecule has 3 heteroatoms. The zero-order chi connectivity index (χ0) is 7.68. The van der Waals surface area contributed by atoms with E-state index in [0.717, 1.165) is 5.84 Å². The molecule has 0 aromatic rings. The first kappa shape index (κ1) is 6.61. The summed E-state index contributed by atoms with van der Waals surface area (Å²) in [6.07, 6.45) is 7.46. The van der Waals surface area contributed by atoms with Gasteiger partial charge in [0.15, 0.2) is 0 Å². The van der Waals surface area contributed by atoms with E-state index in [1.807, 2.05) is 29.3 Å². The Morgan fingerprint density at radius 1 is 1.55 bits per heavy atom. The molecule has 0 saturated carbocycles. The van der Waals surface area contributed by atoms with Crippen LogP contribution in [0.25, 0.3) is 0 Å². The molecule has 1 atom stereocenters. The van der Waals surface area contributed by atoms with Crippen LogP contribution in [0, 0.1) is 0 Å². The normalized spacial score (nSPS) is 28.3. The van der Waals surface area contributed by atoms with Crippen molar-refractivity contribution in [2.24, 2.45) is 4.99 Å². The van der Waals surface area contributed by atoms with Crippen LogP contribution in [0.15, 0.2) is 29.4 Å². The number of aliphatic hydroxyl groups is 1. The number of aliphatic hydroxyl groups excluding tert-OH is 1. The van der Waals surface area contributed by atoms with E-state index in [9.17, 15) is 5.11 Å². The number of amidine groups is 1. The average Bonchev–Trinajstić information content (AvgIpc) is 2.04. The molecule has 2 rings (SSSR count). The fourth-order valence-electron chi connectivity index (χ4n) is 1.25. The van der Waals surface area contributed by atoms with E-state index in [4.69, 9.17) is 0 Å². The molecule has 0 aromatic carbocycles. The molecule has 0 aliphatic carbocycles. The molecule has 0 radical (unpaired) electrons. The van der Waals surface area contributed by atoms with Gasteiger partial charge < -0.3 is 10.0 Å². The van der Waals surface area contributed by atoms with Gasteiger partial charge in [0.25, 0.3) is 0 Å². The summed E-state index contributed by atoms with van der Waals surface area (Å²) in [5.74, 6) is 0.956. The highest BCUT2D eigenvalue weighted by Gasteiger charge is 2.17. The number of rotatable bonds is 0. The van der Waals surface area contributed by atoms with Crippen molar-refractivity contribution in [3.63, 3.8) is 0 Å². The largest absolute Gasteiger partial charge is 0.389 e. The van der Waals surface area contributed by atoms with E-state index in [0.29, 0.717) is 13.1 Å². The summed E-state index contributed by atoms with van der Waals surface area (Å²) < 4.78 is 0. The summed E-state index contributed by atoms with van der Waals surface area (Å²) in [5.41, 5.74) is 0. The van der Waals surface area contributed by atoms with Crippen LogP contribution in [0.1, 0.15) is 0 Å². The third kappa shape index (κ3) is 1.19. The molecule has 2 aliphatic heterocycles. The Kier molecular flexibility index (Phi) is 1.51. The van der Waals surface area contributed by atoms with Crippen molar-refractivity contribution in [3.05, 3.63) is 24.4 Å². The van der Waals surface area contributed by atoms with E-state index in [2.05, 4.69) is 4.99 Å². The minimum Gasteiger partial charge on any atom is -0.389 e. The summed E-state index contributed by atoms with van der Waals surface area (Å²) >= 11 is 0. The van der Waals surface area contributed by atoms with Crippen molar-refractivity contribution in [1.82, 2.24) is 4.90 Å². The minimum absolute atomic E-state index is 0.310. The molecule has 2 heterocycles. The second kappa shape index (κ2) is 2.51. The van der Waals surface area contributed by atoms with Gasteiger partial charge in [0.05, 0.1) is 19.2 Å². The highest BCUT2D eigenvalue weighted by molar-refractivity contribution is 5.95. The first-order valence-corrected chi connectivity index (χ1v) is 3.70. The SMILES string of the molecule is O[C@H]1CN=C2C=CC=CN2C1. The lowest BCUT2D eigenvalue weighted by atomic mass is 10.2. The van der Waals surface area contributed by atoms with Crippen LogP contribution in [0.5, 0.6) is 0 Å².